The Morgan fingerprint density at radius 3 is 2.48 bits per heavy atom. The van der Waals surface area contributed by atoms with E-state index in [0.29, 0.717) is 12.3 Å². The highest BCUT2D eigenvalue weighted by molar-refractivity contribution is 7.99. The van der Waals surface area contributed by atoms with Gasteiger partial charge >= 0.3 is 0 Å². The van der Waals surface area contributed by atoms with Crippen molar-refractivity contribution in [3.05, 3.63) is 65.7 Å². The Hall–Kier alpha value is -1.94. The van der Waals surface area contributed by atoms with Gasteiger partial charge in [-0.25, -0.2) is 0 Å². The molecule has 3 nitrogen and oxygen atoms in total. The van der Waals surface area contributed by atoms with Gasteiger partial charge in [-0.1, -0.05) is 48.0 Å². The molecule has 0 aliphatic rings. The smallest absolute Gasteiger partial charge is 0.230 e. The third-order valence-corrected chi connectivity index (χ3v) is 4.40. The number of aryl methyl sites for hydroxylation is 1. The highest BCUT2D eigenvalue weighted by atomic mass is 32.2. The first-order valence-corrected chi connectivity index (χ1v) is 9.08. The van der Waals surface area contributed by atoms with Crippen LogP contribution in [0.3, 0.4) is 0 Å². The summed E-state index contributed by atoms with van der Waals surface area (Å²) in [5.74, 6) is 1.50. The third-order valence-electron chi connectivity index (χ3n) is 3.40. The van der Waals surface area contributed by atoms with E-state index in [9.17, 15) is 4.79 Å². The molecule has 2 N–H and O–H groups in total. The number of thioether (sulfide) groups is 1. The number of rotatable bonds is 9. The lowest BCUT2D eigenvalue weighted by molar-refractivity contribution is -0.118. The second kappa shape index (κ2) is 9.95. The topological polar surface area (TPSA) is 41.1 Å². The minimum atomic E-state index is 0.113. The fraction of sp³-hybridized carbons (Fsp3) is 0.316. The van der Waals surface area contributed by atoms with Crippen LogP contribution in [-0.4, -0.2) is 24.7 Å². The molecule has 0 aromatic heterocycles. The van der Waals surface area contributed by atoms with Crippen LogP contribution >= 0.6 is 11.8 Å². The van der Waals surface area contributed by atoms with Gasteiger partial charge in [0.25, 0.3) is 0 Å². The van der Waals surface area contributed by atoms with Crippen LogP contribution in [-0.2, 0) is 10.5 Å². The summed E-state index contributed by atoms with van der Waals surface area (Å²) in [4.78, 5) is 11.8. The fourth-order valence-electron chi connectivity index (χ4n) is 2.10. The first-order chi connectivity index (χ1) is 11.2. The van der Waals surface area contributed by atoms with Crippen molar-refractivity contribution >= 4 is 23.4 Å². The van der Waals surface area contributed by atoms with Crippen molar-refractivity contribution < 1.29 is 4.79 Å². The molecular weight excluding hydrogens is 304 g/mol. The molecule has 0 bridgehead atoms. The summed E-state index contributed by atoms with van der Waals surface area (Å²) in [5.41, 5.74) is 3.65. The molecule has 4 heteroatoms. The Morgan fingerprint density at radius 2 is 1.74 bits per heavy atom. The van der Waals surface area contributed by atoms with Crippen LogP contribution in [0.2, 0.25) is 0 Å². The molecule has 0 saturated heterocycles. The summed E-state index contributed by atoms with van der Waals surface area (Å²) in [6.07, 6.45) is 0.920. The van der Waals surface area contributed by atoms with E-state index < -0.39 is 0 Å². The van der Waals surface area contributed by atoms with Gasteiger partial charge < -0.3 is 10.6 Å². The lowest BCUT2D eigenvalue weighted by atomic mass is 10.2. The molecule has 1 amide bonds. The zero-order valence-corrected chi connectivity index (χ0v) is 14.4. The number of benzene rings is 2. The van der Waals surface area contributed by atoms with Crippen LogP contribution < -0.4 is 10.6 Å². The lowest BCUT2D eigenvalue weighted by Crippen LogP contribution is -2.27. The molecular formula is C19H24N2OS. The molecule has 0 saturated carbocycles. The minimum absolute atomic E-state index is 0.113. The Morgan fingerprint density at radius 1 is 1.00 bits per heavy atom. The number of nitrogens with one attached hydrogen (secondary N) is 2. The first kappa shape index (κ1) is 17.4. The number of carbonyl (C=O) groups is 1. The summed E-state index contributed by atoms with van der Waals surface area (Å²) < 4.78 is 0. The van der Waals surface area contributed by atoms with Crippen molar-refractivity contribution in [3.8, 4) is 0 Å². The summed E-state index contributed by atoms with van der Waals surface area (Å²) in [5, 5.41) is 6.30. The number of amides is 1. The normalized spacial score (nSPS) is 10.3. The zero-order valence-electron chi connectivity index (χ0n) is 13.5. The van der Waals surface area contributed by atoms with E-state index in [2.05, 4.69) is 41.8 Å². The molecule has 0 unspecified atom stereocenters. The van der Waals surface area contributed by atoms with E-state index in [4.69, 9.17) is 0 Å². The number of anilines is 1. The van der Waals surface area contributed by atoms with Crippen molar-refractivity contribution in [2.75, 3.05) is 24.2 Å². The van der Waals surface area contributed by atoms with E-state index in [1.54, 1.807) is 11.8 Å². The molecule has 0 heterocycles. The Kier molecular flexibility index (Phi) is 7.54. The molecule has 0 atom stereocenters. The summed E-state index contributed by atoms with van der Waals surface area (Å²) in [6.45, 7) is 3.65. The Bertz CT molecular complexity index is 584. The lowest BCUT2D eigenvalue weighted by Gasteiger charge is -2.07. The van der Waals surface area contributed by atoms with Gasteiger partial charge in [-0.15, -0.1) is 11.8 Å². The van der Waals surface area contributed by atoms with E-state index in [-0.39, 0.29) is 5.91 Å². The fourth-order valence-corrected chi connectivity index (χ4v) is 2.92. The SMILES string of the molecule is Cc1ccc(CSCC(=O)NCCCNc2ccccc2)cc1. The van der Waals surface area contributed by atoms with Gasteiger partial charge in [-0.3, -0.25) is 4.79 Å². The Balaban J connectivity index is 1.51. The molecule has 0 radical (unpaired) electrons. The molecule has 2 aromatic carbocycles. The number of hydrogen-bond donors (Lipinski definition) is 2. The van der Waals surface area contributed by atoms with Crippen LogP contribution in [0.1, 0.15) is 17.5 Å². The summed E-state index contributed by atoms with van der Waals surface area (Å²) in [7, 11) is 0. The summed E-state index contributed by atoms with van der Waals surface area (Å²) >= 11 is 1.65. The maximum Gasteiger partial charge on any atom is 0.230 e. The van der Waals surface area contributed by atoms with Gasteiger partial charge in [0.2, 0.25) is 5.91 Å². The molecule has 2 rings (SSSR count). The highest BCUT2D eigenvalue weighted by Gasteiger charge is 2.01. The average Bonchev–Trinajstić information content (AvgIpc) is 2.57. The monoisotopic (exact) mass is 328 g/mol. The van der Waals surface area contributed by atoms with Gasteiger partial charge in [0, 0.05) is 24.5 Å². The van der Waals surface area contributed by atoms with Crippen molar-refractivity contribution in [2.24, 2.45) is 0 Å². The van der Waals surface area contributed by atoms with Crippen molar-refractivity contribution in [1.82, 2.24) is 5.32 Å². The zero-order chi connectivity index (χ0) is 16.3. The van der Waals surface area contributed by atoms with Crippen molar-refractivity contribution in [3.63, 3.8) is 0 Å². The van der Waals surface area contributed by atoms with Gasteiger partial charge in [-0.05, 0) is 31.0 Å². The molecule has 0 spiro atoms. The first-order valence-electron chi connectivity index (χ1n) is 7.93. The van der Waals surface area contributed by atoms with Crippen LogP contribution in [0.5, 0.6) is 0 Å². The van der Waals surface area contributed by atoms with E-state index in [1.807, 2.05) is 30.3 Å². The maximum absolute atomic E-state index is 11.8. The molecule has 0 aliphatic heterocycles. The van der Waals surface area contributed by atoms with Gasteiger partial charge in [0.1, 0.15) is 0 Å². The van der Waals surface area contributed by atoms with E-state index in [0.717, 1.165) is 24.4 Å². The average molecular weight is 328 g/mol. The number of para-hydroxylation sites is 1. The molecule has 0 fully saturated rings. The summed E-state index contributed by atoms with van der Waals surface area (Å²) in [6, 6.07) is 18.6. The van der Waals surface area contributed by atoms with E-state index in [1.165, 1.54) is 11.1 Å². The van der Waals surface area contributed by atoms with Crippen LogP contribution in [0.15, 0.2) is 54.6 Å². The van der Waals surface area contributed by atoms with Crippen molar-refractivity contribution in [1.29, 1.82) is 0 Å². The van der Waals surface area contributed by atoms with Gasteiger partial charge in [0.05, 0.1) is 5.75 Å². The maximum atomic E-state index is 11.8. The second-order valence-corrected chi connectivity index (χ2v) is 6.46. The Labute approximate surface area is 142 Å². The van der Waals surface area contributed by atoms with Gasteiger partial charge in [0.15, 0.2) is 0 Å². The quantitative estimate of drug-likeness (QED) is 0.687. The van der Waals surface area contributed by atoms with Crippen LogP contribution in [0.25, 0.3) is 0 Å². The number of hydrogen-bond acceptors (Lipinski definition) is 3. The number of carbonyl (C=O) groups excluding carboxylic acids is 1. The third kappa shape index (κ3) is 7.24. The molecule has 23 heavy (non-hydrogen) atoms. The standard InChI is InChI=1S/C19H24N2OS/c1-16-8-10-17(11-9-16)14-23-15-19(22)21-13-5-12-20-18-6-3-2-4-7-18/h2-4,6-11,20H,5,12-15H2,1H3,(H,21,22). The molecule has 122 valence electrons. The molecule has 2 aromatic rings. The largest absolute Gasteiger partial charge is 0.385 e. The minimum Gasteiger partial charge on any atom is -0.385 e. The van der Waals surface area contributed by atoms with Gasteiger partial charge in [-0.2, -0.15) is 0 Å². The predicted octanol–water partition coefficient (Wildman–Crippen LogP) is 3.85. The predicted molar refractivity (Wildman–Crippen MR) is 99.9 cm³/mol. The van der Waals surface area contributed by atoms with Crippen LogP contribution in [0.4, 0.5) is 5.69 Å². The second-order valence-electron chi connectivity index (χ2n) is 5.47. The van der Waals surface area contributed by atoms with Crippen molar-refractivity contribution in [2.45, 2.75) is 19.1 Å². The van der Waals surface area contributed by atoms with E-state index >= 15 is 0 Å². The highest BCUT2D eigenvalue weighted by Crippen LogP contribution is 2.12. The molecule has 0 aliphatic carbocycles. The van der Waals surface area contributed by atoms with Crippen LogP contribution in [0, 0.1) is 6.92 Å².